The Bertz CT molecular complexity index is 691. The molecular formula is C12H7Cl2N3O3. The lowest BCUT2D eigenvalue weighted by Crippen LogP contribution is -2.12. The van der Waals surface area contributed by atoms with E-state index in [2.05, 4.69) is 10.3 Å². The van der Waals surface area contributed by atoms with E-state index < -0.39 is 10.8 Å². The molecule has 2 rings (SSSR count). The van der Waals surface area contributed by atoms with Crippen LogP contribution >= 0.6 is 23.2 Å². The number of amides is 1. The third-order valence-corrected chi connectivity index (χ3v) is 2.90. The molecule has 1 amide bonds. The van der Waals surface area contributed by atoms with Gasteiger partial charge in [0.2, 0.25) is 0 Å². The van der Waals surface area contributed by atoms with Gasteiger partial charge in [0.25, 0.3) is 11.6 Å². The highest BCUT2D eigenvalue weighted by Gasteiger charge is 2.13. The smallest absolute Gasteiger partial charge is 0.288 e. The van der Waals surface area contributed by atoms with Crippen LogP contribution < -0.4 is 5.32 Å². The largest absolute Gasteiger partial charge is 0.322 e. The van der Waals surface area contributed by atoms with Gasteiger partial charge in [-0.2, -0.15) is 0 Å². The van der Waals surface area contributed by atoms with Crippen LogP contribution in [0.5, 0.6) is 0 Å². The number of benzene rings is 1. The van der Waals surface area contributed by atoms with Gasteiger partial charge in [0, 0.05) is 23.5 Å². The first-order valence-corrected chi connectivity index (χ1v) is 6.10. The van der Waals surface area contributed by atoms with Crippen molar-refractivity contribution in [3.63, 3.8) is 0 Å². The SMILES string of the molecule is O=C(Nc1ccc([N+](=O)[O-])c(Cl)c1)c1ccnc(Cl)c1. The van der Waals surface area contributed by atoms with E-state index in [0.717, 1.165) is 0 Å². The molecule has 0 saturated heterocycles. The van der Waals surface area contributed by atoms with E-state index in [9.17, 15) is 14.9 Å². The van der Waals surface area contributed by atoms with Gasteiger partial charge in [-0.05, 0) is 24.3 Å². The Morgan fingerprint density at radius 3 is 2.60 bits per heavy atom. The number of hydrogen-bond acceptors (Lipinski definition) is 4. The number of nitrogens with zero attached hydrogens (tertiary/aromatic N) is 2. The van der Waals surface area contributed by atoms with E-state index in [0.29, 0.717) is 11.3 Å². The van der Waals surface area contributed by atoms with E-state index in [1.807, 2.05) is 0 Å². The number of nitro groups is 1. The Hall–Kier alpha value is -2.18. The van der Waals surface area contributed by atoms with Crippen molar-refractivity contribution in [3.8, 4) is 0 Å². The third-order valence-electron chi connectivity index (χ3n) is 2.39. The quantitative estimate of drug-likeness (QED) is 0.533. The minimum atomic E-state index is -0.601. The summed E-state index contributed by atoms with van der Waals surface area (Å²) in [6.07, 6.45) is 1.40. The second-order valence-corrected chi connectivity index (χ2v) is 4.54. The van der Waals surface area contributed by atoms with Gasteiger partial charge in [-0.1, -0.05) is 23.2 Å². The Balaban J connectivity index is 2.20. The van der Waals surface area contributed by atoms with E-state index >= 15 is 0 Å². The number of nitro benzene ring substituents is 1. The fourth-order valence-electron chi connectivity index (χ4n) is 1.48. The highest BCUT2D eigenvalue weighted by Crippen LogP contribution is 2.27. The Kier molecular flexibility index (Phi) is 4.16. The molecule has 0 unspecified atom stereocenters. The molecular weight excluding hydrogens is 305 g/mol. The maximum absolute atomic E-state index is 11.9. The van der Waals surface area contributed by atoms with Gasteiger partial charge in [-0.25, -0.2) is 4.98 Å². The summed E-state index contributed by atoms with van der Waals surface area (Å²) >= 11 is 11.4. The summed E-state index contributed by atoms with van der Waals surface area (Å²) in [6, 6.07) is 6.82. The fourth-order valence-corrected chi connectivity index (χ4v) is 1.90. The molecule has 1 aromatic carbocycles. The van der Waals surface area contributed by atoms with Crippen LogP contribution in [0.3, 0.4) is 0 Å². The molecule has 8 heteroatoms. The molecule has 0 aliphatic rings. The van der Waals surface area contributed by atoms with Crippen molar-refractivity contribution in [3.05, 3.63) is 62.4 Å². The first-order chi connectivity index (χ1) is 9.47. The molecule has 0 aliphatic heterocycles. The van der Waals surface area contributed by atoms with Gasteiger partial charge in [0.15, 0.2) is 0 Å². The predicted octanol–water partition coefficient (Wildman–Crippen LogP) is 3.55. The summed E-state index contributed by atoms with van der Waals surface area (Å²) < 4.78 is 0. The molecule has 0 aliphatic carbocycles. The van der Waals surface area contributed by atoms with Crippen LogP contribution in [0.4, 0.5) is 11.4 Å². The van der Waals surface area contributed by atoms with Gasteiger partial charge in [0.1, 0.15) is 10.2 Å². The Labute approximate surface area is 123 Å². The van der Waals surface area contributed by atoms with Crippen molar-refractivity contribution in [2.24, 2.45) is 0 Å². The summed E-state index contributed by atoms with van der Waals surface area (Å²) in [5.41, 5.74) is 0.439. The van der Waals surface area contributed by atoms with Crippen molar-refractivity contribution < 1.29 is 9.72 Å². The Morgan fingerprint density at radius 2 is 2.00 bits per heavy atom. The average molecular weight is 312 g/mol. The highest BCUT2D eigenvalue weighted by atomic mass is 35.5. The van der Waals surface area contributed by atoms with Gasteiger partial charge in [0.05, 0.1) is 4.92 Å². The normalized spacial score (nSPS) is 10.1. The number of hydrogen-bond donors (Lipinski definition) is 1. The van der Waals surface area contributed by atoms with Crippen molar-refractivity contribution >= 4 is 40.5 Å². The van der Waals surface area contributed by atoms with Crippen LogP contribution in [0.15, 0.2) is 36.5 Å². The lowest BCUT2D eigenvalue weighted by atomic mass is 10.2. The van der Waals surface area contributed by atoms with Crippen LogP contribution in [-0.4, -0.2) is 15.8 Å². The van der Waals surface area contributed by atoms with Gasteiger partial charge in [-0.15, -0.1) is 0 Å². The van der Waals surface area contributed by atoms with Crippen LogP contribution in [-0.2, 0) is 0 Å². The monoisotopic (exact) mass is 311 g/mol. The topological polar surface area (TPSA) is 85.1 Å². The van der Waals surface area contributed by atoms with Crippen LogP contribution in [0.1, 0.15) is 10.4 Å². The van der Waals surface area contributed by atoms with Crippen LogP contribution in [0.2, 0.25) is 10.2 Å². The zero-order valence-electron chi connectivity index (χ0n) is 9.84. The molecule has 0 fully saturated rings. The first kappa shape index (κ1) is 14.2. The highest BCUT2D eigenvalue weighted by molar-refractivity contribution is 6.33. The summed E-state index contributed by atoms with van der Waals surface area (Å²) in [7, 11) is 0. The number of aromatic nitrogens is 1. The summed E-state index contributed by atoms with van der Waals surface area (Å²) in [5.74, 6) is -0.417. The molecule has 102 valence electrons. The molecule has 6 nitrogen and oxygen atoms in total. The maximum atomic E-state index is 11.9. The molecule has 0 bridgehead atoms. The van der Waals surface area contributed by atoms with Gasteiger partial charge < -0.3 is 5.32 Å². The number of halogens is 2. The molecule has 0 saturated carbocycles. The molecule has 0 radical (unpaired) electrons. The van der Waals surface area contributed by atoms with E-state index in [4.69, 9.17) is 23.2 Å². The van der Waals surface area contributed by atoms with E-state index in [-0.39, 0.29) is 15.9 Å². The molecule has 2 aromatic rings. The molecule has 1 N–H and O–H groups in total. The fraction of sp³-hybridized carbons (Fsp3) is 0. The molecule has 0 atom stereocenters. The lowest BCUT2D eigenvalue weighted by molar-refractivity contribution is -0.384. The number of nitrogens with one attached hydrogen (secondary N) is 1. The maximum Gasteiger partial charge on any atom is 0.288 e. The first-order valence-electron chi connectivity index (χ1n) is 5.34. The average Bonchev–Trinajstić information content (AvgIpc) is 2.38. The molecule has 0 spiro atoms. The zero-order chi connectivity index (χ0) is 14.7. The van der Waals surface area contributed by atoms with Crippen molar-refractivity contribution in [2.45, 2.75) is 0 Å². The van der Waals surface area contributed by atoms with E-state index in [1.165, 1.54) is 36.5 Å². The van der Waals surface area contributed by atoms with Crippen LogP contribution in [0, 0.1) is 10.1 Å². The van der Waals surface area contributed by atoms with Gasteiger partial charge >= 0.3 is 0 Å². The minimum Gasteiger partial charge on any atom is -0.322 e. The molecule has 1 aromatic heterocycles. The van der Waals surface area contributed by atoms with Gasteiger partial charge in [-0.3, -0.25) is 14.9 Å². The van der Waals surface area contributed by atoms with Crippen molar-refractivity contribution in [1.29, 1.82) is 0 Å². The number of carbonyl (C=O) groups is 1. The summed E-state index contributed by atoms with van der Waals surface area (Å²) in [6.45, 7) is 0. The number of anilines is 1. The zero-order valence-corrected chi connectivity index (χ0v) is 11.4. The number of carbonyl (C=O) groups excluding carboxylic acids is 1. The molecule has 20 heavy (non-hydrogen) atoms. The van der Waals surface area contributed by atoms with E-state index in [1.54, 1.807) is 0 Å². The lowest BCUT2D eigenvalue weighted by Gasteiger charge is -2.06. The minimum absolute atomic E-state index is 0.0550. The van der Waals surface area contributed by atoms with Crippen LogP contribution in [0.25, 0.3) is 0 Å². The molecule has 1 heterocycles. The predicted molar refractivity (Wildman–Crippen MR) is 75.3 cm³/mol. The summed E-state index contributed by atoms with van der Waals surface area (Å²) in [4.78, 5) is 25.7. The number of pyridine rings is 1. The van der Waals surface area contributed by atoms with Crippen molar-refractivity contribution in [1.82, 2.24) is 4.98 Å². The summed E-state index contributed by atoms with van der Waals surface area (Å²) in [5, 5.41) is 13.3. The van der Waals surface area contributed by atoms with Crippen molar-refractivity contribution in [2.75, 3.05) is 5.32 Å². The second kappa shape index (κ2) is 5.85. The third kappa shape index (κ3) is 3.23. The Morgan fingerprint density at radius 1 is 1.25 bits per heavy atom. The second-order valence-electron chi connectivity index (χ2n) is 3.74. The standard InChI is InChI=1S/C12H7Cl2N3O3/c13-9-6-8(1-2-10(9)17(19)20)16-12(18)7-3-4-15-11(14)5-7/h1-6H,(H,16,18). The number of rotatable bonds is 3.